The monoisotopic (exact) mass is 374 g/mol. The number of carboxylic acids is 1. The van der Waals surface area contributed by atoms with Crippen LogP contribution in [-0.4, -0.2) is 44.8 Å². The molecule has 0 spiro atoms. The second kappa shape index (κ2) is 7.20. The van der Waals surface area contributed by atoms with Crippen LogP contribution in [0.5, 0.6) is 5.75 Å². The molecule has 1 aliphatic heterocycles. The van der Waals surface area contributed by atoms with Gasteiger partial charge < -0.3 is 9.84 Å². The highest BCUT2D eigenvalue weighted by molar-refractivity contribution is 8.26. The number of nitrogens with zero attached hydrogens (tertiary/aromatic N) is 2. The van der Waals surface area contributed by atoms with Crippen molar-refractivity contribution in [2.45, 2.75) is 6.42 Å². The molecule has 1 amide bonds. The van der Waals surface area contributed by atoms with E-state index in [1.165, 1.54) is 4.90 Å². The minimum Gasteiger partial charge on any atom is -0.494 e. The van der Waals surface area contributed by atoms with Gasteiger partial charge in [0.05, 0.1) is 24.1 Å². The normalized spacial score (nSPS) is 16.0. The maximum Gasteiger partial charge on any atom is 0.305 e. The van der Waals surface area contributed by atoms with Gasteiger partial charge in [-0.25, -0.2) is 4.98 Å². The fraction of sp³-hybridized carbons (Fsp3) is 0.176. The number of thiocarbonyl (C=S) groups is 1. The molecule has 1 aromatic heterocycles. The van der Waals surface area contributed by atoms with E-state index in [-0.39, 0.29) is 18.9 Å². The van der Waals surface area contributed by atoms with Gasteiger partial charge in [0.2, 0.25) is 0 Å². The minimum atomic E-state index is -0.971. The summed E-state index contributed by atoms with van der Waals surface area (Å²) in [6.45, 7) is 0.0658. The molecular weight excluding hydrogens is 360 g/mol. The van der Waals surface area contributed by atoms with Crippen LogP contribution in [0.2, 0.25) is 0 Å². The van der Waals surface area contributed by atoms with E-state index in [0.29, 0.717) is 26.2 Å². The van der Waals surface area contributed by atoms with Gasteiger partial charge in [-0.1, -0.05) is 42.2 Å². The number of aliphatic carboxylic acids is 1. The number of para-hydroxylation sites is 1. The molecule has 0 atom stereocenters. The average molecular weight is 374 g/mol. The SMILES string of the molecule is COc1cccc2ccc(C=C3SC(=S)N(CCC(=O)O)C3=O)nc12. The molecule has 1 N–H and O–H groups in total. The van der Waals surface area contributed by atoms with Gasteiger partial charge in [0, 0.05) is 11.9 Å². The first-order chi connectivity index (χ1) is 12.0. The number of carboxylic acid groups (broad SMARTS) is 1. The lowest BCUT2D eigenvalue weighted by Gasteiger charge is -2.12. The first kappa shape index (κ1) is 17.4. The Morgan fingerprint density at radius 3 is 2.92 bits per heavy atom. The maximum atomic E-state index is 12.4. The number of hydrogen-bond donors (Lipinski definition) is 1. The molecule has 1 aromatic carbocycles. The Morgan fingerprint density at radius 2 is 2.20 bits per heavy atom. The predicted octanol–water partition coefficient (Wildman–Crippen LogP) is 2.92. The zero-order chi connectivity index (χ0) is 18.0. The predicted molar refractivity (Wildman–Crippen MR) is 100 cm³/mol. The molecule has 0 radical (unpaired) electrons. The number of pyridine rings is 1. The van der Waals surface area contributed by atoms with Gasteiger partial charge in [-0.2, -0.15) is 0 Å². The van der Waals surface area contributed by atoms with Gasteiger partial charge in [0.1, 0.15) is 15.6 Å². The number of amides is 1. The number of thioether (sulfide) groups is 1. The van der Waals surface area contributed by atoms with Gasteiger partial charge in [0.25, 0.3) is 5.91 Å². The van der Waals surface area contributed by atoms with Gasteiger partial charge in [-0.05, 0) is 18.2 Å². The first-order valence-electron chi connectivity index (χ1n) is 7.40. The number of carbonyl (C=O) groups excluding carboxylic acids is 1. The summed E-state index contributed by atoms with van der Waals surface area (Å²) >= 11 is 6.32. The van der Waals surface area contributed by atoms with E-state index in [1.807, 2.05) is 30.3 Å². The lowest BCUT2D eigenvalue weighted by Crippen LogP contribution is -2.30. The summed E-state index contributed by atoms with van der Waals surface area (Å²) in [7, 11) is 1.58. The topological polar surface area (TPSA) is 79.7 Å². The molecule has 0 unspecified atom stereocenters. The molecule has 2 heterocycles. The van der Waals surface area contributed by atoms with Crippen LogP contribution in [0.25, 0.3) is 17.0 Å². The molecule has 0 bridgehead atoms. The molecule has 1 saturated heterocycles. The van der Waals surface area contributed by atoms with Gasteiger partial charge >= 0.3 is 5.97 Å². The van der Waals surface area contributed by atoms with Crippen LogP contribution in [0.4, 0.5) is 0 Å². The van der Waals surface area contributed by atoms with Gasteiger partial charge in [-0.3, -0.25) is 14.5 Å². The summed E-state index contributed by atoms with van der Waals surface area (Å²) in [6, 6.07) is 9.36. The number of benzene rings is 1. The fourth-order valence-electron chi connectivity index (χ4n) is 2.41. The second-order valence-corrected chi connectivity index (χ2v) is 6.92. The zero-order valence-corrected chi connectivity index (χ0v) is 14.9. The second-order valence-electron chi connectivity index (χ2n) is 5.25. The lowest BCUT2D eigenvalue weighted by atomic mass is 10.2. The Morgan fingerprint density at radius 1 is 1.40 bits per heavy atom. The Kier molecular flexibility index (Phi) is 5.00. The van der Waals surface area contributed by atoms with Crippen molar-refractivity contribution < 1.29 is 19.4 Å². The third-order valence-electron chi connectivity index (χ3n) is 3.63. The number of rotatable bonds is 5. The van der Waals surface area contributed by atoms with Crippen LogP contribution in [0.15, 0.2) is 35.2 Å². The smallest absolute Gasteiger partial charge is 0.305 e. The summed E-state index contributed by atoms with van der Waals surface area (Å²) in [5, 5.41) is 9.71. The number of ether oxygens (including phenoxy) is 1. The van der Waals surface area contributed by atoms with Crippen LogP contribution in [0.3, 0.4) is 0 Å². The number of aromatic nitrogens is 1. The average Bonchev–Trinajstić information content (AvgIpc) is 2.85. The van der Waals surface area contributed by atoms with Gasteiger partial charge in [0.15, 0.2) is 0 Å². The highest BCUT2D eigenvalue weighted by Gasteiger charge is 2.32. The molecular formula is C17H14N2O4S2. The third kappa shape index (κ3) is 3.64. The van der Waals surface area contributed by atoms with Crippen LogP contribution in [0.1, 0.15) is 12.1 Å². The van der Waals surface area contributed by atoms with Crippen molar-refractivity contribution in [3.63, 3.8) is 0 Å². The summed E-state index contributed by atoms with van der Waals surface area (Å²) in [5.74, 6) is -0.610. The van der Waals surface area contributed by atoms with E-state index in [0.717, 1.165) is 17.1 Å². The van der Waals surface area contributed by atoms with Crippen molar-refractivity contribution in [3.8, 4) is 5.75 Å². The summed E-state index contributed by atoms with van der Waals surface area (Å²) in [4.78, 5) is 29.4. The summed E-state index contributed by atoms with van der Waals surface area (Å²) < 4.78 is 5.68. The molecule has 0 saturated carbocycles. The summed E-state index contributed by atoms with van der Waals surface area (Å²) in [5.41, 5.74) is 1.32. The number of methoxy groups -OCH3 is 1. The van der Waals surface area contributed by atoms with E-state index in [2.05, 4.69) is 4.98 Å². The minimum absolute atomic E-state index is 0.0658. The molecule has 0 aliphatic carbocycles. The fourth-order valence-corrected chi connectivity index (χ4v) is 3.71. The molecule has 25 heavy (non-hydrogen) atoms. The van der Waals surface area contributed by atoms with Gasteiger partial charge in [-0.15, -0.1) is 0 Å². The maximum absolute atomic E-state index is 12.4. The van der Waals surface area contributed by atoms with Crippen molar-refractivity contribution in [2.24, 2.45) is 0 Å². The van der Waals surface area contributed by atoms with Crippen LogP contribution < -0.4 is 4.74 Å². The Hall–Kier alpha value is -2.45. The van der Waals surface area contributed by atoms with Crippen molar-refractivity contribution in [3.05, 3.63) is 40.9 Å². The van der Waals surface area contributed by atoms with Crippen LogP contribution in [0, 0.1) is 0 Å². The van der Waals surface area contributed by atoms with E-state index in [4.69, 9.17) is 22.1 Å². The molecule has 1 fully saturated rings. The standard InChI is InChI=1S/C17H14N2O4S2/c1-23-12-4-2-3-10-5-6-11(18-15(10)12)9-13-16(22)19(17(24)25-13)8-7-14(20)21/h2-6,9H,7-8H2,1H3,(H,20,21). The Bertz CT molecular complexity index is 911. The highest BCUT2D eigenvalue weighted by Crippen LogP contribution is 2.33. The molecule has 128 valence electrons. The van der Waals surface area contributed by atoms with Crippen molar-refractivity contribution in [1.82, 2.24) is 9.88 Å². The molecule has 2 aromatic rings. The van der Waals surface area contributed by atoms with Crippen LogP contribution in [-0.2, 0) is 9.59 Å². The molecule has 1 aliphatic rings. The third-order valence-corrected chi connectivity index (χ3v) is 5.00. The Labute approximate surface area is 153 Å². The van der Waals surface area contributed by atoms with Crippen molar-refractivity contribution >= 4 is 57.2 Å². The zero-order valence-electron chi connectivity index (χ0n) is 13.3. The van der Waals surface area contributed by atoms with Crippen molar-refractivity contribution in [2.75, 3.05) is 13.7 Å². The molecule has 6 nitrogen and oxygen atoms in total. The van der Waals surface area contributed by atoms with Crippen LogP contribution >= 0.6 is 24.0 Å². The number of fused-ring (bicyclic) bond motifs is 1. The van der Waals surface area contributed by atoms with E-state index in [9.17, 15) is 9.59 Å². The van der Waals surface area contributed by atoms with Crippen molar-refractivity contribution in [1.29, 1.82) is 0 Å². The van der Waals surface area contributed by atoms with E-state index >= 15 is 0 Å². The summed E-state index contributed by atoms with van der Waals surface area (Å²) in [6.07, 6.45) is 1.51. The largest absolute Gasteiger partial charge is 0.494 e. The lowest BCUT2D eigenvalue weighted by molar-refractivity contribution is -0.137. The quantitative estimate of drug-likeness (QED) is 0.637. The first-order valence-corrected chi connectivity index (χ1v) is 8.63. The number of carbonyl (C=O) groups is 2. The Balaban J connectivity index is 1.90. The van der Waals surface area contributed by atoms with E-state index < -0.39 is 5.97 Å². The van der Waals surface area contributed by atoms with E-state index in [1.54, 1.807) is 13.2 Å². The molecule has 3 rings (SSSR count). The highest BCUT2D eigenvalue weighted by atomic mass is 32.2. The molecule has 8 heteroatoms. The number of hydrogen-bond acceptors (Lipinski definition) is 6.